The van der Waals surface area contributed by atoms with Crippen LogP contribution in [0.3, 0.4) is 0 Å². The molecule has 0 fully saturated rings. The number of nitrogens with zero attached hydrogens (tertiary/aromatic N) is 2. The molecule has 4 atom stereocenters. The molecule has 1 heterocycles. The molecule has 18 heteroatoms. The van der Waals surface area contributed by atoms with Crippen molar-refractivity contribution in [1.29, 1.82) is 0 Å². The van der Waals surface area contributed by atoms with Gasteiger partial charge >= 0.3 is 24.5 Å². The fourth-order valence-electron chi connectivity index (χ4n) is 4.04. The van der Waals surface area contributed by atoms with Crippen LogP contribution in [0.1, 0.15) is 138 Å². The van der Waals surface area contributed by atoms with Gasteiger partial charge in [0, 0.05) is 26.7 Å². The molecule has 0 aromatic heterocycles. The highest BCUT2D eigenvalue weighted by molar-refractivity contribution is 6.21. The molecule has 71 heavy (non-hydrogen) atoms. The number of carbonyl (C=O) groups is 7. The Hall–Kier alpha value is -6.11. The van der Waals surface area contributed by atoms with Crippen LogP contribution in [0.15, 0.2) is 87.0 Å². The first kappa shape index (κ1) is 73.8. The SMILES string of the molecule is C=C(C)C=O.C=CC(C)CN.C=CC(C)CN(C)C(=O)OC(C)(C)C.C=CC(C)CN1C(=O)c2ccccc2C1=O.C=CC(C)CNC(=O)OC(C)(C)C.CC(C)(C)OC(=O)OC(=O)OC(C)(C)C.NN. The van der Waals surface area contributed by atoms with E-state index < -0.39 is 34.7 Å². The number of carbonyl (C=O) groups excluding carboxylic acids is 7. The predicted octanol–water partition coefficient (Wildman–Crippen LogP) is 10.3. The van der Waals surface area contributed by atoms with Crippen molar-refractivity contribution in [1.82, 2.24) is 15.1 Å². The lowest BCUT2D eigenvalue weighted by Gasteiger charge is -2.25. The summed E-state index contributed by atoms with van der Waals surface area (Å²) >= 11 is 0. The summed E-state index contributed by atoms with van der Waals surface area (Å²) in [6, 6.07) is 6.91. The Morgan fingerprint density at radius 1 is 0.662 bits per heavy atom. The number of nitrogens with one attached hydrogen (secondary N) is 1. The molecule has 0 bridgehead atoms. The standard InChI is InChI=1S/C13H13NO2.C11H21NO2.C10H19NO2.C10H18O5.C5H11N.C4H6O.H4N2/c1-3-9(2)8-14-12(15)10-6-4-5-7-11(10)13(14)16;1-7-9(2)8-12(6)10(13)14-11(3,4)5;1-6-8(2)7-11-9(12)13-10(3,4)5;1-9(2,3)14-7(11)13-8(12)15-10(4,5)6;1-3-5(2)4-6;1-4(2)3-5;1-2/h3-7,9H,1,8H2,2H3;7,9H,1,8H2,2-6H3;6,8H,1,7H2,2-5H3,(H,11,12);1-6H3;3,5H,1,4,6H2,2H3;3H,1H2,2H3;1-2H2. The molecule has 2 rings (SSSR count). The highest BCUT2D eigenvalue weighted by atomic mass is 16.8. The number of aldehydes is 1. The number of ether oxygens (including phenoxy) is 5. The average molecular weight is 1010 g/mol. The molecule has 0 spiro atoms. The third-order valence-electron chi connectivity index (χ3n) is 7.71. The Labute approximate surface area is 426 Å². The van der Waals surface area contributed by atoms with Gasteiger partial charge in [-0.05, 0) is 138 Å². The highest BCUT2D eigenvalue weighted by Gasteiger charge is 2.35. The summed E-state index contributed by atoms with van der Waals surface area (Å²) in [5.74, 6) is 8.75. The van der Waals surface area contributed by atoms with Crippen molar-refractivity contribution < 1.29 is 57.2 Å². The number of hydrogen-bond donors (Lipinski definition) is 4. The molecule has 406 valence electrons. The molecular weight excluding hydrogens is 913 g/mol. The minimum absolute atomic E-state index is 0.113. The van der Waals surface area contributed by atoms with Gasteiger partial charge in [0.2, 0.25) is 0 Å². The molecule has 4 amide bonds. The largest absolute Gasteiger partial charge is 0.519 e. The third-order valence-corrected chi connectivity index (χ3v) is 7.71. The van der Waals surface area contributed by atoms with E-state index in [9.17, 15) is 33.6 Å². The maximum atomic E-state index is 11.9. The molecule has 4 unspecified atom stereocenters. The van der Waals surface area contributed by atoms with E-state index in [0.717, 1.165) is 6.29 Å². The molecule has 1 aromatic carbocycles. The Morgan fingerprint density at radius 2 is 1.01 bits per heavy atom. The van der Waals surface area contributed by atoms with Crippen LogP contribution in [0.5, 0.6) is 0 Å². The zero-order chi connectivity index (χ0) is 57.1. The van der Waals surface area contributed by atoms with E-state index in [4.69, 9.17) is 24.7 Å². The van der Waals surface area contributed by atoms with E-state index in [2.05, 4.69) is 54.6 Å². The van der Waals surface area contributed by atoms with Gasteiger partial charge in [-0.25, -0.2) is 19.2 Å². The molecule has 1 aliphatic heterocycles. The normalized spacial score (nSPS) is 12.9. The zero-order valence-electron chi connectivity index (χ0n) is 46.4. The fraction of sp³-hybridized carbons (Fsp3) is 0.566. The first-order chi connectivity index (χ1) is 32.3. The van der Waals surface area contributed by atoms with Crippen LogP contribution in [0.25, 0.3) is 0 Å². The van der Waals surface area contributed by atoms with Gasteiger partial charge in [-0.3, -0.25) is 31.0 Å². The van der Waals surface area contributed by atoms with Crippen LogP contribution in [0.2, 0.25) is 0 Å². The van der Waals surface area contributed by atoms with Gasteiger partial charge in [-0.2, -0.15) is 0 Å². The van der Waals surface area contributed by atoms with Crippen LogP contribution in [0, 0.1) is 23.7 Å². The summed E-state index contributed by atoms with van der Waals surface area (Å²) < 4.78 is 24.0. The summed E-state index contributed by atoms with van der Waals surface area (Å²) in [5, 5.41) is 2.66. The molecular formula is C53H92N6O12. The van der Waals surface area contributed by atoms with Gasteiger partial charge in [0.05, 0.1) is 11.1 Å². The fourth-order valence-corrected chi connectivity index (χ4v) is 4.04. The lowest BCUT2D eigenvalue weighted by atomic mass is 10.1. The number of alkyl carbamates (subject to hydrolysis) is 1. The number of allylic oxidation sites excluding steroid dienone is 1. The number of amides is 4. The second-order valence-corrected chi connectivity index (χ2v) is 20.1. The van der Waals surface area contributed by atoms with E-state index in [-0.39, 0.29) is 41.8 Å². The number of fused-ring (bicyclic) bond motifs is 1. The Morgan fingerprint density at radius 3 is 1.30 bits per heavy atom. The van der Waals surface area contributed by atoms with E-state index in [1.165, 1.54) is 4.90 Å². The van der Waals surface area contributed by atoms with Gasteiger partial charge in [-0.1, -0.05) is 70.7 Å². The number of nitrogens with two attached hydrogens (primary N) is 3. The number of hydrazine groups is 1. The van der Waals surface area contributed by atoms with Gasteiger partial charge in [0.25, 0.3) is 11.8 Å². The van der Waals surface area contributed by atoms with Crippen molar-refractivity contribution in [2.75, 3.05) is 33.2 Å². The van der Waals surface area contributed by atoms with Gasteiger partial charge in [0.1, 0.15) is 28.7 Å². The van der Waals surface area contributed by atoms with E-state index in [1.54, 1.807) is 96.8 Å². The van der Waals surface area contributed by atoms with E-state index in [1.807, 2.05) is 81.4 Å². The minimum Gasteiger partial charge on any atom is -0.444 e. The zero-order valence-corrected chi connectivity index (χ0v) is 46.4. The maximum Gasteiger partial charge on any atom is 0.519 e. The molecule has 0 saturated heterocycles. The summed E-state index contributed by atoms with van der Waals surface area (Å²) in [6.07, 6.45) is 5.14. The summed E-state index contributed by atoms with van der Waals surface area (Å²) in [7, 11) is 1.73. The highest BCUT2D eigenvalue weighted by Crippen LogP contribution is 2.23. The molecule has 1 aliphatic rings. The topological polar surface area (TPSA) is 262 Å². The summed E-state index contributed by atoms with van der Waals surface area (Å²) in [4.78, 5) is 80.7. The third kappa shape index (κ3) is 44.8. The average Bonchev–Trinajstić information content (AvgIpc) is 3.48. The van der Waals surface area contributed by atoms with Crippen LogP contribution in [-0.4, -0.2) is 108 Å². The van der Waals surface area contributed by atoms with Crippen molar-refractivity contribution in [2.45, 2.75) is 140 Å². The molecule has 18 nitrogen and oxygen atoms in total. The molecule has 7 N–H and O–H groups in total. The first-order valence-electron chi connectivity index (χ1n) is 23.0. The minimum atomic E-state index is -1.06. The number of imide groups is 1. The summed E-state index contributed by atoms with van der Waals surface area (Å²) in [5.41, 5.74) is 4.54. The second-order valence-electron chi connectivity index (χ2n) is 20.1. The van der Waals surface area contributed by atoms with Crippen molar-refractivity contribution in [3.05, 3.63) is 98.2 Å². The quantitative estimate of drug-likeness (QED) is 0.0175. The number of rotatable bonds is 12. The smallest absolute Gasteiger partial charge is 0.444 e. The number of benzene rings is 1. The van der Waals surface area contributed by atoms with Gasteiger partial charge in [-0.15, -0.1) is 26.3 Å². The van der Waals surface area contributed by atoms with Crippen molar-refractivity contribution in [3.8, 4) is 0 Å². The summed E-state index contributed by atoms with van der Waals surface area (Å²) in [6.45, 7) is 50.8. The van der Waals surface area contributed by atoms with Crippen molar-refractivity contribution >= 4 is 42.6 Å². The molecule has 1 aromatic rings. The van der Waals surface area contributed by atoms with Gasteiger partial charge in [0.15, 0.2) is 0 Å². The van der Waals surface area contributed by atoms with Crippen LogP contribution >= 0.6 is 0 Å². The molecule has 0 saturated carbocycles. The lowest BCUT2D eigenvalue weighted by Crippen LogP contribution is -2.36. The molecule has 0 aliphatic carbocycles. The van der Waals surface area contributed by atoms with Crippen molar-refractivity contribution in [2.24, 2.45) is 41.1 Å². The number of hydrogen-bond acceptors (Lipinski definition) is 15. The van der Waals surface area contributed by atoms with Crippen molar-refractivity contribution in [3.63, 3.8) is 0 Å². The maximum absolute atomic E-state index is 11.9. The van der Waals surface area contributed by atoms with Crippen LogP contribution in [0.4, 0.5) is 19.2 Å². The van der Waals surface area contributed by atoms with Crippen LogP contribution < -0.4 is 22.7 Å². The van der Waals surface area contributed by atoms with E-state index in [0.29, 0.717) is 48.8 Å². The Balaban J connectivity index is -0.000000252. The Kier molecular flexibility index (Phi) is 39.2. The lowest BCUT2D eigenvalue weighted by molar-refractivity contribution is -0.104. The van der Waals surface area contributed by atoms with Gasteiger partial charge < -0.3 is 39.6 Å². The Bertz CT molecular complexity index is 1760. The predicted molar refractivity (Wildman–Crippen MR) is 284 cm³/mol. The second kappa shape index (κ2) is 37.7. The van der Waals surface area contributed by atoms with E-state index >= 15 is 0 Å². The monoisotopic (exact) mass is 1000 g/mol. The molecule has 0 radical (unpaired) electrons. The first-order valence-corrected chi connectivity index (χ1v) is 23.0. The van der Waals surface area contributed by atoms with Crippen LogP contribution in [-0.2, 0) is 28.5 Å².